The third-order valence-corrected chi connectivity index (χ3v) is 5.23. The lowest BCUT2D eigenvalue weighted by Gasteiger charge is -2.16. The molecule has 2 aromatic rings. The van der Waals surface area contributed by atoms with E-state index in [0.29, 0.717) is 10.8 Å². The molecule has 0 bridgehead atoms. The fraction of sp³-hybridized carbons (Fsp3) is 0.294. The van der Waals surface area contributed by atoms with Gasteiger partial charge in [0.15, 0.2) is 0 Å². The molecule has 0 unspecified atom stereocenters. The first-order valence-electron chi connectivity index (χ1n) is 7.55. The number of hydrazine groups is 1. The molecule has 0 spiro atoms. The monoisotopic (exact) mass is 330 g/mol. The molecule has 23 heavy (non-hydrogen) atoms. The summed E-state index contributed by atoms with van der Waals surface area (Å²) in [4.78, 5) is 26.0. The molecule has 1 aliphatic carbocycles. The molecule has 0 saturated carbocycles. The lowest BCUT2D eigenvalue weighted by Crippen LogP contribution is -2.41. The maximum Gasteiger partial charge on any atom is 0.279 e. The number of hydrogen-bond donors (Lipinski definition) is 3. The Bertz CT molecular complexity index is 754. The molecule has 0 saturated heterocycles. The minimum atomic E-state index is -0.550. The smallest absolute Gasteiger partial charge is 0.279 e. The van der Waals surface area contributed by atoms with E-state index < -0.39 is 5.91 Å². The number of phenols is 1. The van der Waals surface area contributed by atoms with Crippen LogP contribution in [0.15, 0.2) is 30.3 Å². The summed E-state index contributed by atoms with van der Waals surface area (Å²) in [5.74, 6) is -0.360. The highest BCUT2D eigenvalue weighted by molar-refractivity contribution is 7.14. The molecule has 1 atom stereocenters. The number of hydrogen-bond acceptors (Lipinski definition) is 4. The minimum Gasteiger partial charge on any atom is -0.507 e. The lowest BCUT2D eigenvalue weighted by molar-refractivity contribution is 0.0847. The number of rotatable bonds is 2. The van der Waals surface area contributed by atoms with E-state index in [9.17, 15) is 14.7 Å². The molecule has 0 radical (unpaired) electrons. The van der Waals surface area contributed by atoms with Gasteiger partial charge in [0.1, 0.15) is 5.75 Å². The number of nitrogens with one attached hydrogen (secondary N) is 2. The highest BCUT2D eigenvalue weighted by atomic mass is 32.1. The summed E-state index contributed by atoms with van der Waals surface area (Å²) < 4.78 is 0. The van der Waals surface area contributed by atoms with E-state index in [-0.39, 0.29) is 17.2 Å². The van der Waals surface area contributed by atoms with E-state index in [1.165, 1.54) is 33.9 Å². The molecule has 1 aromatic heterocycles. The first kappa shape index (κ1) is 15.6. The van der Waals surface area contributed by atoms with Crippen molar-refractivity contribution in [3.05, 3.63) is 51.2 Å². The summed E-state index contributed by atoms with van der Waals surface area (Å²) in [6.45, 7) is 2.22. The van der Waals surface area contributed by atoms with Gasteiger partial charge in [0.05, 0.1) is 10.4 Å². The van der Waals surface area contributed by atoms with E-state index in [4.69, 9.17) is 0 Å². The van der Waals surface area contributed by atoms with Crippen LogP contribution in [0.25, 0.3) is 0 Å². The van der Waals surface area contributed by atoms with Crippen molar-refractivity contribution in [1.29, 1.82) is 0 Å². The van der Waals surface area contributed by atoms with Crippen molar-refractivity contribution in [3.63, 3.8) is 0 Å². The van der Waals surface area contributed by atoms with Crippen LogP contribution in [0.5, 0.6) is 5.75 Å². The molecule has 5 nitrogen and oxygen atoms in total. The van der Waals surface area contributed by atoms with Gasteiger partial charge in [-0.15, -0.1) is 11.3 Å². The second kappa shape index (κ2) is 6.42. The van der Waals surface area contributed by atoms with Crippen molar-refractivity contribution in [2.24, 2.45) is 5.92 Å². The Morgan fingerprint density at radius 3 is 2.74 bits per heavy atom. The number of para-hydroxylation sites is 1. The second-order valence-electron chi connectivity index (χ2n) is 5.83. The predicted octanol–water partition coefficient (Wildman–Crippen LogP) is 2.65. The molecular weight excluding hydrogens is 312 g/mol. The number of carbonyl (C=O) groups is 2. The van der Waals surface area contributed by atoms with Crippen molar-refractivity contribution in [1.82, 2.24) is 10.9 Å². The first-order chi connectivity index (χ1) is 11.0. The van der Waals surface area contributed by atoms with Gasteiger partial charge < -0.3 is 5.11 Å². The maximum atomic E-state index is 12.2. The Kier molecular flexibility index (Phi) is 4.34. The van der Waals surface area contributed by atoms with Crippen LogP contribution in [0.4, 0.5) is 0 Å². The maximum absolute atomic E-state index is 12.2. The van der Waals surface area contributed by atoms with Crippen molar-refractivity contribution in [3.8, 4) is 5.75 Å². The van der Waals surface area contributed by atoms with Crippen LogP contribution in [-0.4, -0.2) is 16.9 Å². The molecular formula is C17H18N2O3S. The van der Waals surface area contributed by atoms with Crippen LogP contribution in [0.2, 0.25) is 0 Å². The fourth-order valence-electron chi connectivity index (χ4n) is 2.73. The van der Waals surface area contributed by atoms with E-state index in [1.54, 1.807) is 12.1 Å². The quantitative estimate of drug-likeness (QED) is 0.741. The number of benzene rings is 1. The summed E-state index contributed by atoms with van der Waals surface area (Å²) in [6.07, 6.45) is 3.17. The van der Waals surface area contributed by atoms with Gasteiger partial charge >= 0.3 is 0 Å². The lowest BCUT2D eigenvalue weighted by atomic mass is 9.90. The summed E-state index contributed by atoms with van der Waals surface area (Å²) >= 11 is 1.48. The number of fused-ring (bicyclic) bond motifs is 1. The zero-order chi connectivity index (χ0) is 16.4. The predicted molar refractivity (Wildman–Crippen MR) is 88.5 cm³/mol. The molecule has 0 aliphatic heterocycles. The first-order valence-corrected chi connectivity index (χ1v) is 8.36. The van der Waals surface area contributed by atoms with Gasteiger partial charge in [-0.25, -0.2) is 0 Å². The van der Waals surface area contributed by atoms with E-state index >= 15 is 0 Å². The highest BCUT2D eigenvalue weighted by Crippen LogP contribution is 2.32. The third kappa shape index (κ3) is 3.37. The number of aromatic hydroxyl groups is 1. The molecule has 2 amide bonds. The average molecular weight is 330 g/mol. The largest absolute Gasteiger partial charge is 0.507 e. The molecule has 3 N–H and O–H groups in total. The summed E-state index contributed by atoms with van der Waals surface area (Å²) in [7, 11) is 0. The summed E-state index contributed by atoms with van der Waals surface area (Å²) in [5, 5.41) is 9.63. The van der Waals surface area contributed by atoms with Gasteiger partial charge in [-0.2, -0.15) is 0 Å². The van der Waals surface area contributed by atoms with Gasteiger partial charge in [0.25, 0.3) is 11.8 Å². The topological polar surface area (TPSA) is 78.4 Å². The van der Waals surface area contributed by atoms with Crippen molar-refractivity contribution >= 4 is 23.2 Å². The highest BCUT2D eigenvalue weighted by Gasteiger charge is 2.21. The molecule has 120 valence electrons. The minimum absolute atomic E-state index is 0.118. The van der Waals surface area contributed by atoms with Crippen LogP contribution >= 0.6 is 11.3 Å². The van der Waals surface area contributed by atoms with E-state index in [1.807, 2.05) is 6.07 Å². The molecule has 1 aromatic carbocycles. The normalized spacial score (nSPS) is 16.5. The van der Waals surface area contributed by atoms with Gasteiger partial charge in [0.2, 0.25) is 0 Å². The molecule has 1 aliphatic rings. The van der Waals surface area contributed by atoms with Gasteiger partial charge in [-0.1, -0.05) is 19.1 Å². The van der Waals surface area contributed by atoms with Crippen LogP contribution in [-0.2, 0) is 12.8 Å². The molecule has 1 heterocycles. The number of phenolic OH excluding ortho intramolecular Hbond substituents is 1. The molecule has 0 fully saturated rings. The van der Waals surface area contributed by atoms with Crippen LogP contribution in [0, 0.1) is 5.92 Å². The van der Waals surface area contributed by atoms with Gasteiger partial charge in [-0.3, -0.25) is 20.4 Å². The Morgan fingerprint density at radius 1 is 1.22 bits per heavy atom. The Morgan fingerprint density at radius 2 is 1.96 bits per heavy atom. The number of thiophene rings is 1. The van der Waals surface area contributed by atoms with Gasteiger partial charge in [0, 0.05) is 4.88 Å². The zero-order valence-electron chi connectivity index (χ0n) is 12.8. The average Bonchev–Trinajstić information content (AvgIpc) is 2.95. The Labute approximate surface area is 138 Å². The fourth-order valence-corrected chi connectivity index (χ4v) is 3.83. The summed E-state index contributed by atoms with van der Waals surface area (Å²) in [6, 6.07) is 8.09. The number of carbonyl (C=O) groups excluding carboxylic acids is 2. The van der Waals surface area contributed by atoms with Gasteiger partial charge in [-0.05, 0) is 48.9 Å². The Balaban J connectivity index is 1.64. The van der Waals surface area contributed by atoms with Crippen LogP contribution in [0.1, 0.15) is 43.8 Å². The Hall–Kier alpha value is -2.34. The molecule has 6 heteroatoms. The van der Waals surface area contributed by atoms with E-state index in [2.05, 4.69) is 17.8 Å². The zero-order valence-corrected chi connectivity index (χ0v) is 13.6. The standard InChI is InChI=1S/C17H18N2O3S/c1-10-6-7-14-11(8-10)9-15(23-14)17(22)19-18-16(21)12-4-2-3-5-13(12)20/h2-5,9-10,20H,6-8H2,1H3,(H,18,21)(H,19,22)/t10-/m1/s1. The van der Waals surface area contributed by atoms with Crippen molar-refractivity contribution in [2.75, 3.05) is 0 Å². The number of aryl methyl sites for hydroxylation is 1. The van der Waals surface area contributed by atoms with Crippen molar-refractivity contribution < 1.29 is 14.7 Å². The van der Waals surface area contributed by atoms with Crippen LogP contribution < -0.4 is 10.9 Å². The second-order valence-corrected chi connectivity index (χ2v) is 6.97. The van der Waals surface area contributed by atoms with Crippen molar-refractivity contribution in [2.45, 2.75) is 26.2 Å². The third-order valence-electron chi connectivity index (χ3n) is 3.99. The molecule has 3 rings (SSSR count). The summed E-state index contributed by atoms with van der Waals surface area (Å²) in [5.41, 5.74) is 6.10. The number of amides is 2. The SMILES string of the molecule is C[C@@H]1CCc2sc(C(=O)NNC(=O)c3ccccc3O)cc2C1. The van der Waals surface area contributed by atoms with E-state index in [0.717, 1.165) is 19.3 Å². The van der Waals surface area contributed by atoms with Crippen LogP contribution in [0.3, 0.4) is 0 Å².